The van der Waals surface area contributed by atoms with Crippen LogP contribution in [0.3, 0.4) is 0 Å². The molecule has 0 aromatic carbocycles. The summed E-state index contributed by atoms with van der Waals surface area (Å²) >= 11 is 0. The first-order chi connectivity index (χ1) is 7.46. The van der Waals surface area contributed by atoms with Gasteiger partial charge in [-0.05, 0) is 0 Å². The van der Waals surface area contributed by atoms with E-state index in [0.29, 0.717) is 0 Å². The quantitative estimate of drug-likeness (QED) is 0.508. The first-order valence-electron chi connectivity index (χ1n) is 4.05. The molecule has 1 unspecified atom stereocenters. The Kier molecular flexibility index (Phi) is 12.3. The third-order valence-electron chi connectivity index (χ3n) is 1.78. The molecule has 0 amide bonds. The number of rotatable bonds is 4. The molecule has 0 aliphatic heterocycles. The normalized spacial score (nSPS) is 15.3. The summed E-state index contributed by atoms with van der Waals surface area (Å²) in [6.45, 7) is -1.45. The van der Waals surface area contributed by atoms with Gasteiger partial charge in [0.15, 0.2) is 0 Å². The van der Waals surface area contributed by atoms with E-state index in [0.717, 1.165) is 0 Å². The number of ether oxygens (including phenoxy) is 1. The van der Waals surface area contributed by atoms with Gasteiger partial charge in [-0.25, -0.2) is 13.5 Å². The summed E-state index contributed by atoms with van der Waals surface area (Å²) in [6.07, 6.45) is -6.30. The van der Waals surface area contributed by atoms with Crippen molar-refractivity contribution in [1.29, 1.82) is 0 Å². The molecule has 0 bridgehead atoms. The van der Waals surface area contributed by atoms with E-state index in [1.54, 1.807) is 0 Å². The number of hydrogen-bond acceptors (Lipinski definition) is 1. The molecule has 1 nitrogen and oxygen atoms in total. The summed E-state index contributed by atoms with van der Waals surface area (Å²) in [7, 11) is 0. The van der Waals surface area contributed by atoms with Crippen molar-refractivity contribution in [3.8, 4) is 0 Å². The van der Waals surface area contributed by atoms with Crippen molar-refractivity contribution in [2.45, 2.75) is 73.5 Å². The molecule has 0 rings (SSSR count). The van der Waals surface area contributed by atoms with Crippen LogP contribution in [0, 0.1) is 0 Å². The summed E-state index contributed by atoms with van der Waals surface area (Å²) in [6, 6.07) is 0. The van der Waals surface area contributed by atoms with Gasteiger partial charge in [0.05, 0.1) is 0 Å². The van der Waals surface area contributed by atoms with Crippen LogP contribution < -0.4 is 0 Å². The molecule has 0 N–H and O–H groups in total. The highest BCUT2D eigenvalue weighted by Crippen LogP contribution is 2.53. The lowest BCUT2D eigenvalue weighted by Crippen LogP contribution is -2.65. The monoisotopic (exact) mass is 360 g/mol. The Labute approximate surface area is 123 Å². The topological polar surface area (TPSA) is 9.23 Å². The van der Waals surface area contributed by atoms with Gasteiger partial charge < -0.3 is 0 Å². The largest absolute Gasteiger partial charge is 0.525 e. The van der Waals surface area contributed by atoms with E-state index in [1.807, 2.05) is 4.74 Å². The van der Waals surface area contributed by atoms with Crippen LogP contribution in [0.5, 0.6) is 0 Å². The van der Waals surface area contributed by atoms with Crippen molar-refractivity contribution in [1.82, 2.24) is 0 Å². The van der Waals surface area contributed by atoms with Crippen molar-refractivity contribution in [2.24, 2.45) is 0 Å². The van der Waals surface area contributed by atoms with Crippen LogP contribution >= 0.6 is 0 Å². The summed E-state index contributed by atoms with van der Waals surface area (Å²) in [5.74, 6) is -23.7. The van der Waals surface area contributed by atoms with Crippen molar-refractivity contribution < 1.29 is 48.6 Å². The lowest BCUT2D eigenvalue weighted by molar-refractivity contribution is -0.482. The molecule has 0 spiro atoms. The molecule has 0 aromatic heterocycles. The van der Waals surface area contributed by atoms with Crippen molar-refractivity contribution in [2.75, 3.05) is 0 Å². The Bertz CT molecular complexity index is 301. The zero-order chi connectivity index (χ0) is 15.2. The number of hydrogen-bond donors (Lipinski definition) is 0. The van der Waals surface area contributed by atoms with Gasteiger partial charge in [0, 0.05) is 13.8 Å². The molecule has 0 saturated carbocycles. The molecule has 11 heteroatoms. The summed E-state index contributed by atoms with van der Waals surface area (Å²) in [5.41, 5.74) is 0. The van der Waals surface area contributed by atoms with E-state index in [-0.39, 0.29) is 29.7 Å². The summed E-state index contributed by atoms with van der Waals surface area (Å²) in [5, 5.41) is 0. The van der Waals surface area contributed by atoms with Gasteiger partial charge in [-0.2, -0.15) is 22.0 Å². The first kappa shape index (κ1) is 33.0. The molecule has 0 aromatic rings. The minimum atomic E-state index is -6.41. The molecule has 0 heterocycles. The fourth-order valence-corrected chi connectivity index (χ4v) is 0.871. The number of halogens is 10. The fourth-order valence-electron chi connectivity index (χ4n) is 0.871. The molecule has 142 valence electrons. The third kappa shape index (κ3) is 6.17. The summed E-state index contributed by atoms with van der Waals surface area (Å²) in [4.78, 5) is 0. The second-order valence-corrected chi connectivity index (χ2v) is 3.49. The third-order valence-corrected chi connectivity index (χ3v) is 1.78. The molecule has 0 saturated heterocycles. The van der Waals surface area contributed by atoms with E-state index in [4.69, 9.17) is 0 Å². The predicted octanol–water partition coefficient (Wildman–Crippen LogP) is 6.68. The fraction of sp³-hybridized carbons (Fsp3) is 1.00. The van der Waals surface area contributed by atoms with Crippen LogP contribution in [0.1, 0.15) is 43.6 Å². The lowest BCUT2D eigenvalue weighted by atomic mass is 9.99. The molecule has 0 radical (unpaired) electrons. The smallest absolute Gasteiger partial charge is 0.242 e. The summed E-state index contributed by atoms with van der Waals surface area (Å²) < 4.78 is 125. The van der Waals surface area contributed by atoms with Crippen LogP contribution in [-0.2, 0) is 4.74 Å². The predicted molar refractivity (Wildman–Crippen MR) is 64.1 cm³/mol. The van der Waals surface area contributed by atoms with E-state index < -0.39 is 43.8 Å². The zero-order valence-corrected chi connectivity index (χ0v) is 8.69. The second-order valence-electron chi connectivity index (χ2n) is 3.49. The van der Waals surface area contributed by atoms with Crippen molar-refractivity contribution in [3.63, 3.8) is 0 Å². The molecule has 0 aliphatic carbocycles. The van der Waals surface area contributed by atoms with Crippen LogP contribution in [-0.4, -0.2) is 30.0 Å². The highest BCUT2D eigenvalue weighted by Gasteiger charge is 2.79. The highest BCUT2D eigenvalue weighted by molar-refractivity contribution is 5.01. The maximum atomic E-state index is 13.1. The Balaban J connectivity index is -0.000000241. The Hall–Kier alpha value is -0.740. The van der Waals surface area contributed by atoms with Gasteiger partial charge in [0.1, 0.15) is 0 Å². The van der Waals surface area contributed by atoms with Crippen molar-refractivity contribution >= 4 is 0 Å². The Morgan fingerprint density at radius 3 is 0.955 bits per heavy atom. The van der Waals surface area contributed by atoms with Gasteiger partial charge >= 0.3 is 30.0 Å². The molecule has 1 atom stereocenters. The van der Waals surface area contributed by atoms with Gasteiger partial charge in [-0.3, -0.25) is 0 Å². The van der Waals surface area contributed by atoms with E-state index in [1.165, 1.54) is 0 Å². The second kappa shape index (κ2) is 8.21. The minimum Gasteiger partial charge on any atom is -0.242 e. The SMILES string of the molecule is C.C.C.C.CC(F)(F)C(F)(F)C(F)(OC(F)(F)F)C(C)(F)F. The Morgan fingerprint density at radius 1 is 0.545 bits per heavy atom. The van der Waals surface area contributed by atoms with Crippen LogP contribution in [0.25, 0.3) is 0 Å². The molecule has 0 aliphatic rings. The van der Waals surface area contributed by atoms with Crippen LogP contribution in [0.4, 0.5) is 43.9 Å². The lowest BCUT2D eigenvalue weighted by Gasteiger charge is -2.39. The maximum Gasteiger partial charge on any atom is 0.525 e. The van der Waals surface area contributed by atoms with E-state index >= 15 is 0 Å². The van der Waals surface area contributed by atoms with E-state index in [9.17, 15) is 43.9 Å². The van der Waals surface area contributed by atoms with Crippen LogP contribution in [0.2, 0.25) is 0 Å². The average Bonchev–Trinajstić information content (AvgIpc) is 1.95. The van der Waals surface area contributed by atoms with Crippen LogP contribution in [0.15, 0.2) is 0 Å². The van der Waals surface area contributed by atoms with Crippen molar-refractivity contribution in [3.05, 3.63) is 0 Å². The number of alkyl halides is 10. The minimum absolute atomic E-state index is 0. The van der Waals surface area contributed by atoms with E-state index in [2.05, 4.69) is 0 Å². The maximum absolute atomic E-state index is 13.1. The van der Waals surface area contributed by atoms with Gasteiger partial charge in [-0.1, -0.05) is 29.7 Å². The highest BCUT2D eigenvalue weighted by atomic mass is 19.4. The van der Waals surface area contributed by atoms with Gasteiger partial charge in [0.25, 0.3) is 0 Å². The van der Waals surface area contributed by atoms with Gasteiger partial charge in [-0.15, -0.1) is 13.2 Å². The van der Waals surface area contributed by atoms with Gasteiger partial charge in [0.2, 0.25) is 0 Å². The molecule has 0 fully saturated rings. The standard InChI is InChI=1S/C7H6F10O.4CH4/c1-3(8,9)5(12,13)6(14,4(2,10)11)18-7(15,16)17;;;;/h1-2H3;4*1H4. The Morgan fingerprint density at radius 2 is 0.818 bits per heavy atom. The zero-order valence-electron chi connectivity index (χ0n) is 8.69. The average molecular weight is 360 g/mol. The first-order valence-corrected chi connectivity index (χ1v) is 4.05. The molecular formula is C11H22F10O. The molecular weight excluding hydrogens is 338 g/mol. The molecule has 22 heavy (non-hydrogen) atoms.